The van der Waals surface area contributed by atoms with Gasteiger partial charge in [0.15, 0.2) is 17.8 Å². The molecular formula is C10H10N4O3. The molecule has 7 nitrogen and oxygen atoms in total. The second-order valence-corrected chi connectivity index (χ2v) is 3.49. The standard InChI is InChI=1S/C10H10N4O3/c1-13-7(5-15)12-8(10(16)17)9(13)6-3-4-11-14(6)2/h3-5H,1-2H3,(H,16,17). The van der Waals surface area contributed by atoms with Gasteiger partial charge >= 0.3 is 5.97 Å². The molecule has 2 aromatic heterocycles. The molecular weight excluding hydrogens is 224 g/mol. The number of carbonyl (C=O) groups excluding carboxylic acids is 1. The van der Waals surface area contributed by atoms with Crippen LogP contribution in [0.15, 0.2) is 12.3 Å². The average Bonchev–Trinajstić information content (AvgIpc) is 2.82. The molecule has 88 valence electrons. The molecule has 0 aromatic carbocycles. The largest absolute Gasteiger partial charge is 0.476 e. The molecule has 17 heavy (non-hydrogen) atoms. The van der Waals surface area contributed by atoms with E-state index < -0.39 is 5.97 Å². The summed E-state index contributed by atoms with van der Waals surface area (Å²) in [7, 11) is 3.28. The zero-order chi connectivity index (χ0) is 12.6. The summed E-state index contributed by atoms with van der Waals surface area (Å²) in [6.45, 7) is 0. The van der Waals surface area contributed by atoms with Crippen molar-refractivity contribution in [2.24, 2.45) is 14.1 Å². The highest BCUT2D eigenvalue weighted by atomic mass is 16.4. The fourth-order valence-electron chi connectivity index (χ4n) is 1.67. The first-order valence-corrected chi connectivity index (χ1v) is 4.79. The van der Waals surface area contributed by atoms with E-state index in [4.69, 9.17) is 5.11 Å². The molecule has 7 heteroatoms. The molecule has 0 spiro atoms. The Bertz CT molecular complexity index is 597. The normalized spacial score (nSPS) is 10.5. The summed E-state index contributed by atoms with van der Waals surface area (Å²) >= 11 is 0. The fraction of sp³-hybridized carbons (Fsp3) is 0.200. The van der Waals surface area contributed by atoms with Crippen LogP contribution in [0.1, 0.15) is 21.1 Å². The van der Waals surface area contributed by atoms with E-state index in [1.54, 1.807) is 26.4 Å². The Hall–Kier alpha value is -2.44. The van der Waals surface area contributed by atoms with Crippen molar-refractivity contribution in [3.05, 3.63) is 23.8 Å². The number of hydrogen-bond donors (Lipinski definition) is 1. The lowest BCUT2D eigenvalue weighted by Gasteiger charge is -2.04. The van der Waals surface area contributed by atoms with Crippen molar-refractivity contribution in [2.45, 2.75) is 0 Å². The van der Waals surface area contributed by atoms with E-state index in [9.17, 15) is 9.59 Å². The first-order chi connectivity index (χ1) is 8.06. The molecule has 2 aromatic rings. The summed E-state index contributed by atoms with van der Waals surface area (Å²) in [5.74, 6) is -1.11. The molecule has 0 bridgehead atoms. The van der Waals surface area contributed by atoms with Gasteiger partial charge < -0.3 is 9.67 Å². The number of carboxylic acid groups (broad SMARTS) is 1. The molecule has 2 rings (SSSR count). The summed E-state index contributed by atoms with van der Waals surface area (Å²) in [5.41, 5.74) is 0.795. The number of rotatable bonds is 3. The molecule has 0 radical (unpaired) electrons. The lowest BCUT2D eigenvalue weighted by molar-refractivity contribution is 0.0692. The highest BCUT2D eigenvalue weighted by molar-refractivity contribution is 5.94. The first-order valence-electron chi connectivity index (χ1n) is 4.79. The number of imidazole rings is 1. The summed E-state index contributed by atoms with van der Waals surface area (Å²) in [6, 6.07) is 1.66. The maximum absolute atomic E-state index is 11.1. The number of hydrogen-bond acceptors (Lipinski definition) is 4. The summed E-state index contributed by atoms with van der Waals surface area (Å²) in [5, 5.41) is 13.0. The maximum atomic E-state index is 11.1. The molecule has 0 aliphatic rings. The van der Waals surface area contributed by atoms with Crippen LogP contribution < -0.4 is 0 Å². The van der Waals surface area contributed by atoms with Crippen LogP contribution in [0.25, 0.3) is 11.4 Å². The summed E-state index contributed by atoms with van der Waals surface area (Å²) in [6.07, 6.45) is 2.07. The molecule has 0 fully saturated rings. The van der Waals surface area contributed by atoms with Gasteiger partial charge in [-0.15, -0.1) is 0 Å². The second kappa shape index (κ2) is 3.85. The lowest BCUT2D eigenvalue weighted by atomic mass is 10.2. The van der Waals surface area contributed by atoms with Gasteiger partial charge in [-0.2, -0.15) is 5.10 Å². The minimum absolute atomic E-state index is 0.0681. The Balaban J connectivity index is 2.75. The van der Waals surface area contributed by atoms with Crippen molar-refractivity contribution in [3.63, 3.8) is 0 Å². The number of aldehydes is 1. The second-order valence-electron chi connectivity index (χ2n) is 3.49. The van der Waals surface area contributed by atoms with Gasteiger partial charge in [-0.25, -0.2) is 9.78 Å². The molecule has 0 amide bonds. The molecule has 0 saturated heterocycles. The van der Waals surface area contributed by atoms with E-state index in [0.717, 1.165) is 0 Å². The highest BCUT2D eigenvalue weighted by Gasteiger charge is 2.22. The smallest absolute Gasteiger partial charge is 0.356 e. The van der Waals surface area contributed by atoms with Gasteiger partial charge in [-0.3, -0.25) is 9.48 Å². The quantitative estimate of drug-likeness (QED) is 0.773. The van der Waals surface area contributed by atoms with E-state index in [0.29, 0.717) is 17.7 Å². The third kappa shape index (κ3) is 1.61. The van der Waals surface area contributed by atoms with Crippen LogP contribution in [-0.4, -0.2) is 36.7 Å². The van der Waals surface area contributed by atoms with Crippen molar-refractivity contribution in [1.29, 1.82) is 0 Å². The number of carbonyl (C=O) groups is 2. The van der Waals surface area contributed by atoms with E-state index in [1.807, 2.05) is 0 Å². The van der Waals surface area contributed by atoms with E-state index >= 15 is 0 Å². The molecule has 2 heterocycles. The fourth-order valence-corrected chi connectivity index (χ4v) is 1.67. The number of aryl methyl sites for hydroxylation is 1. The van der Waals surface area contributed by atoms with Crippen LogP contribution in [0.4, 0.5) is 0 Å². The van der Waals surface area contributed by atoms with E-state index in [1.165, 1.54) is 9.25 Å². The number of nitrogens with zero attached hydrogens (tertiary/aromatic N) is 4. The van der Waals surface area contributed by atoms with E-state index in [2.05, 4.69) is 10.1 Å². The van der Waals surface area contributed by atoms with Crippen LogP contribution in [0, 0.1) is 0 Å². The van der Waals surface area contributed by atoms with Gasteiger partial charge in [0.1, 0.15) is 5.69 Å². The molecule has 0 aliphatic heterocycles. The third-order valence-corrected chi connectivity index (χ3v) is 2.50. The van der Waals surface area contributed by atoms with Crippen molar-refractivity contribution in [2.75, 3.05) is 0 Å². The molecule has 0 atom stereocenters. The Morgan fingerprint density at radius 2 is 2.18 bits per heavy atom. The van der Waals surface area contributed by atoms with Crippen LogP contribution in [-0.2, 0) is 14.1 Å². The monoisotopic (exact) mass is 234 g/mol. The van der Waals surface area contributed by atoms with Gasteiger partial charge in [0.05, 0.1) is 5.69 Å². The van der Waals surface area contributed by atoms with Crippen LogP contribution in [0.3, 0.4) is 0 Å². The van der Waals surface area contributed by atoms with Crippen LogP contribution in [0.2, 0.25) is 0 Å². The van der Waals surface area contributed by atoms with Gasteiger partial charge in [-0.05, 0) is 6.07 Å². The predicted octanol–water partition coefficient (Wildman–Crippen LogP) is 0.331. The average molecular weight is 234 g/mol. The molecule has 0 aliphatic carbocycles. The Labute approximate surface area is 96.3 Å². The Morgan fingerprint density at radius 1 is 1.47 bits per heavy atom. The minimum Gasteiger partial charge on any atom is -0.476 e. The SMILES string of the molecule is Cn1nccc1-c1c(C(=O)O)nc(C=O)n1C. The minimum atomic E-state index is -1.18. The van der Waals surface area contributed by atoms with E-state index in [-0.39, 0.29) is 11.5 Å². The Morgan fingerprint density at radius 3 is 2.65 bits per heavy atom. The Kier molecular flexibility index (Phi) is 2.51. The number of aromatic nitrogens is 4. The number of aromatic carboxylic acids is 1. The van der Waals surface area contributed by atoms with Crippen molar-refractivity contribution < 1.29 is 14.7 Å². The van der Waals surface area contributed by atoms with Crippen molar-refractivity contribution in [1.82, 2.24) is 19.3 Å². The molecule has 0 unspecified atom stereocenters. The molecule has 0 saturated carbocycles. The summed E-state index contributed by atoms with van der Waals surface area (Å²) in [4.78, 5) is 25.6. The zero-order valence-electron chi connectivity index (χ0n) is 9.28. The number of carboxylic acids is 1. The van der Waals surface area contributed by atoms with Crippen LogP contribution >= 0.6 is 0 Å². The highest BCUT2D eigenvalue weighted by Crippen LogP contribution is 2.23. The van der Waals surface area contributed by atoms with Gasteiger partial charge in [0.25, 0.3) is 0 Å². The van der Waals surface area contributed by atoms with Gasteiger partial charge in [0, 0.05) is 20.3 Å². The lowest BCUT2D eigenvalue weighted by Crippen LogP contribution is -2.05. The maximum Gasteiger partial charge on any atom is 0.356 e. The van der Waals surface area contributed by atoms with Crippen molar-refractivity contribution >= 4 is 12.3 Å². The van der Waals surface area contributed by atoms with Gasteiger partial charge in [0.2, 0.25) is 0 Å². The third-order valence-electron chi connectivity index (χ3n) is 2.50. The van der Waals surface area contributed by atoms with Gasteiger partial charge in [-0.1, -0.05) is 0 Å². The zero-order valence-corrected chi connectivity index (χ0v) is 9.28. The predicted molar refractivity (Wildman–Crippen MR) is 57.8 cm³/mol. The topological polar surface area (TPSA) is 90.0 Å². The van der Waals surface area contributed by atoms with Crippen molar-refractivity contribution in [3.8, 4) is 11.4 Å². The molecule has 1 N–H and O–H groups in total. The first kappa shape index (κ1) is 11.1. The van der Waals surface area contributed by atoms with Crippen LogP contribution in [0.5, 0.6) is 0 Å². The summed E-state index contributed by atoms with van der Waals surface area (Å²) < 4.78 is 2.96.